The number of hydrogen-bond donors (Lipinski definition) is 0. The quantitative estimate of drug-likeness (QED) is 0.817. The van der Waals surface area contributed by atoms with Crippen LogP contribution in [0.3, 0.4) is 0 Å². The SMILES string of the molecule is COc1cc2c(cc1OC)C(C)(C)CN(C(=O)CCc1ccccc1)C2. The van der Waals surface area contributed by atoms with Gasteiger partial charge in [-0.1, -0.05) is 44.2 Å². The summed E-state index contributed by atoms with van der Waals surface area (Å²) in [4.78, 5) is 14.8. The first-order chi connectivity index (χ1) is 12.4. The van der Waals surface area contributed by atoms with Crippen LogP contribution in [-0.4, -0.2) is 31.6 Å². The molecule has 0 atom stereocenters. The monoisotopic (exact) mass is 353 g/mol. The Morgan fingerprint density at radius 2 is 1.73 bits per heavy atom. The number of hydrogen-bond acceptors (Lipinski definition) is 3. The second-order valence-corrected chi connectivity index (χ2v) is 7.48. The second kappa shape index (κ2) is 7.40. The average Bonchev–Trinajstić information content (AvgIpc) is 2.65. The molecule has 0 saturated heterocycles. The van der Waals surface area contributed by atoms with Gasteiger partial charge in [-0.2, -0.15) is 0 Å². The summed E-state index contributed by atoms with van der Waals surface area (Å²) in [5, 5.41) is 0. The number of ether oxygens (including phenoxy) is 2. The highest BCUT2D eigenvalue weighted by molar-refractivity contribution is 5.77. The molecule has 0 spiro atoms. The van der Waals surface area contributed by atoms with Crippen molar-refractivity contribution in [1.29, 1.82) is 0 Å². The van der Waals surface area contributed by atoms with Gasteiger partial charge in [0.25, 0.3) is 0 Å². The number of methoxy groups -OCH3 is 2. The van der Waals surface area contributed by atoms with Crippen LogP contribution in [0.4, 0.5) is 0 Å². The third-order valence-corrected chi connectivity index (χ3v) is 5.11. The summed E-state index contributed by atoms with van der Waals surface area (Å²) < 4.78 is 10.9. The molecule has 3 rings (SSSR count). The minimum atomic E-state index is -0.129. The molecule has 0 fully saturated rings. The molecule has 0 N–H and O–H groups in total. The zero-order valence-electron chi connectivity index (χ0n) is 16.0. The van der Waals surface area contributed by atoms with E-state index < -0.39 is 0 Å². The van der Waals surface area contributed by atoms with Gasteiger partial charge in [0.2, 0.25) is 5.91 Å². The fraction of sp³-hybridized carbons (Fsp3) is 0.409. The first kappa shape index (κ1) is 18.3. The zero-order valence-corrected chi connectivity index (χ0v) is 16.0. The van der Waals surface area contributed by atoms with Gasteiger partial charge in [0, 0.05) is 24.9 Å². The summed E-state index contributed by atoms with van der Waals surface area (Å²) >= 11 is 0. The van der Waals surface area contributed by atoms with E-state index in [-0.39, 0.29) is 11.3 Å². The van der Waals surface area contributed by atoms with E-state index in [0.29, 0.717) is 25.3 Å². The molecule has 0 aromatic heterocycles. The van der Waals surface area contributed by atoms with Gasteiger partial charge < -0.3 is 14.4 Å². The lowest BCUT2D eigenvalue weighted by atomic mass is 9.78. The maximum absolute atomic E-state index is 12.8. The van der Waals surface area contributed by atoms with Crippen LogP contribution >= 0.6 is 0 Å². The Labute approximate surface area is 155 Å². The predicted molar refractivity (Wildman–Crippen MR) is 103 cm³/mol. The predicted octanol–water partition coefficient (Wildman–Crippen LogP) is 3.96. The number of aryl methyl sites for hydroxylation is 1. The molecule has 138 valence electrons. The van der Waals surface area contributed by atoms with Gasteiger partial charge in [0.05, 0.1) is 14.2 Å². The Hall–Kier alpha value is -2.49. The van der Waals surface area contributed by atoms with Crippen molar-refractivity contribution < 1.29 is 14.3 Å². The largest absolute Gasteiger partial charge is 0.493 e. The molecule has 0 saturated carbocycles. The number of nitrogens with zero attached hydrogens (tertiary/aromatic N) is 1. The van der Waals surface area contributed by atoms with Crippen LogP contribution in [0, 0.1) is 0 Å². The molecular weight excluding hydrogens is 326 g/mol. The summed E-state index contributed by atoms with van der Waals surface area (Å²) in [5.74, 6) is 1.64. The number of amides is 1. The highest BCUT2D eigenvalue weighted by Gasteiger charge is 2.34. The number of rotatable bonds is 5. The molecule has 2 aromatic rings. The van der Waals surface area contributed by atoms with Crippen molar-refractivity contribution in [2.75, 3.05) is 20.8 Å². The van der Waals surface area contributed by atoms with Gasteiger partial charge in [0.1, 0.15) is 0 Å². The van der Waals surface area contributed by atoms with Crippen molar-refractivity contribution >= 4 is 5.91 Å². The molecule has 0 radical (unpaired) electrons. The van der Waals surface area contributed by atoms with Gasteiger partial charge in [-0.15, -0.1) is 0 Å². The molecular formula is C22H27NO3. The lowest BCUT2D eigenvalue weighted by Gasteiger charge is -2.40. The first-order valence-electron chi connectivity index (χ1n) is 9.01. The van der Waals surface area contributed by atoms with Gasteiger partial charge in [-0.05, 0) is 35.2 Å². The molecule has 1 amide bonds. The Bertz CT molecular complexity index is 783. The van der Waals surface area contributed by atoms with Gasteiger partial charge in [-0.25, -0.2) is 0 Å². The Balaban J connectivity index is 1.79. The summed E-state index contributed by atoms with van der Waals surface area (Å²) in [6, 6.07) is 14.2. The summed E-state index contributed by atoms with van der Waals surface area (Å²) in [6.45, 7) is 5.68. The minimum absolute atomic E-state index is 0.129. The Morgan fingerprint density at radius 3 is 2.38 bits per heavy atom. The van der Waals surface area contributed by atoms with Crippen molar-refractivity contribution in [3.63, 3.8) is 0 Å². The maximum Gasteiger partial charge on any atom is 0.223 e. The molecule has 1 aliphatic rings. The number of benzene rings is 2. The summed E-state index contributed by atoms with van der Waals surface area (Å²) in [6.07, 6.45) is 1.30. The van der Waals surface area contributed by atoms with E-state index in [1.807, 2.05) is 29.2 Å². The summed E-state index contributed by atoms with van der Waals surface area (Å²) in [7, 11) is 3.29. The van der Waals surface area contributed by atoms with E-state index in [9.17, 15) is 4.79 Å². The maximum atomic E-state index is 12.8. The standard InChI is InChI=1S/C22H27NO3/c1-22(2)15-23(21(24)11-10-16-8-6-5-7-9-16)14-17-12-19(25-3)20(26-4)13-18(17)22/h5-9,12-13H,10-11,14-15H2,1-4H3. The summed E-state index contributed by atoms with van der Waals surface area (Å²) in [5.41, 5.74) is 3.42. The molecule has 4 nitrogen and oxygen atoms in total. The van der Waals surface area contributed by atoms with E-state index in [4.69, 9.17) is 9.47 Å². The third-order valence-electron chi connectivity index (χ3n) is 5.11. The molecule has 0 aliphatic carbocycles. The van der Waals surface area contributed by atoms with Gasteiger partial charge >= 0.3 is 0 Å². The molecule has 1 aliphatic heterocycles. The molecule has 2 aromatic carbocycles. The van der Waals surface area contributed by atoms with Crippen LogP contribution in [0.1, 0.15) is 37.0 Å². The van der Waals surface area contributed by atoms with E-state index in [2.05, 4.69) is 32.0 Å². The smallest absolute Gasteiger partial charge is 0.223 e. The minimum Gasteiger partial charge on any atom is -0.493 e. The van der Waals surface area contributed by atoms with Gasteiger partial charge in [0.15, 0.2) is 11.5 Å². The highest BCUT2D eigenvalue weighted by atomic mass is 16.5. The normalized spacial score (nSPS) is 15.3. The van der Waals surface area contributed by atoms with E-state index in [1.54, 1.807) is 14.2 Å². The van der Waals surface area contributed by atoms with Crippen LogP contribution in [0.5, 0.6) is 11.5 Å². The topological polar surface area (TPSA) is 38.8 Å². The fourth-order valence-corrected chi connectivity index (χ4v) is 3.74. The number of carbonyl (C=O) groups is 1. The van der Waals surface area contributed by atoms with Gasteiger partial charge in [-0.3, -0.25) is 4.79 Å². The molecule has 1 heterocycles. The van der Waals surface area contributed by atoms with Crippen LogP contribution in [-0.2, 0) is 23.2 Å². The number of fused-ring (bicyclic) bond motifs is 1. The fourth-order valence-electron chi connectivity index (χ4n) is 3.74. The van der Waals surface area contributed by atoms with Crippen molar-refractivity contribution in [3.8, 4) is 11.5 Å². The molecule has 4 heteroatoms. The van der Waals surface area contributed by atoms with Crippen LogP contribution in [0.2, 0.25) is 0 Å². The van der Waals surface area contributed by atoms with Crippen LogP contribution in [0.25, 0.3) is 0 Å². The van der Waals surface area contributed by atoms with E-state index >= 15 is 0 Å². The second-order valence-electron chi connectivity index (χ2n) is 7.48. The molecule has 26 heavy (non-hydrogen) atoms. The molecule has 0 bridgehead atoms. The van der Waals surface area contributed by atoms with Crippen molar-refractivity contribution in [2.45, 2.75) is 38.6 Å². The molecule has 0 unspecified atom stereocenters. The lowest BCUT2D eigenvalue weighted by Crippen LogP contribution is -2.45. The number of carbonyl (C=O) groups excluding carboxylic acids is 1. The first-order valence-corrected chi connectivity index (χ1v) is 9.01. The van der Waals surface area contributed by atoms with Crippen molar-refractivity contribution in [1.82, 2.24) is 4.90 Å². The third kappa shape index (κ3) is 3.69. The van der Waals surface area contributed by atoms with E-state index in [0.717, 1.165) is 17.7 Å². The highest BCUT2D eigenvalue weighted by Crippen LogP contribution is 2.40. The van der Waals surface area contributed by atoms with E-state index in [1.165, 1.54) is 11.1 Å². The lowest BCUT2D eigenvalue weighted by molar-refractivity contribution is -0.133. The van der Waals surface area contributed by atoms with Crippen LogP contribution < -0.4 is 9.47 Å². The Morgan fingerprint density at radius 1 is 1.08 bits per heavy atom. The van der Waals surface area contributed by atoms with Crippen molar-refractivity contribution in [2.24, 2.45) is 0 Å². The van der Waals surface area contributed by atoms with Crippen LogP contribution in [0.15, 0.2) is 42.5 Å². The average molecular weight is 353 g/mol. The van der Waals surface area contributed by atoms with Crippen molar-refractivity contribution in [3.05, 3.63) is 59.2 Å². The zero-order chi connectivity index (χ0) is 18.7. The Kier molecular flexibility index (Phi) is 5.21.